The summed E-state index contributed by atoms with van der Waals surface area (Å²) in [6.45, 7) is 0. The van der Waals surface area contributed by atoms with Gasteiger partial charge in [0.25, 0.3) is 0 Å². The third-order valence-corrected chi connectivity index (χ3v) is 4.07. The molecule has 0 saturated heterocycles. The summed E-state index contributed by atoms with van der Waals surface area (Å²) in [7, 11) is 1.71. The SMILES string of the molecule is CNC(CCCC1CCCC1(N)C(N)=O)C(N)=O. The lowest BCUT2D eigenvalue weighted by molar-refractivity contribution is -0.124. The largest absolute Gasteiger partial charge is 0.368 e. The van der Waals surface area contributed by atoms with Crippen LogP contribution in [0.4, 0.5) is 0 Å². The van der Waals surface area contributed by atoms with Gasteiger partial charge in [0, 0.05) is 0 Å². The van der Waals surface area contributed by atoms with Crippen LogP contribution in [0.3, 0.4) is 0 Å². The second kappa shape index (κ2) is 6.15. The minimum Gasteiger partial charge on any atom is -0.368 e. The molecule has 6 heteroatoms. The molecule has 6 nitrogen and oxygen atoms in total. The molecule has 1 aliphatic rings. The number of hydrogen-bond acceptors (Lipinski definition) is 4. The van der Waals surface area contributed by atoms with Gasteiger partial charge in [-0.3, -0.25) is 9.59 Å². The highest BCUT2D eigenvalue weighted by molar-refractivity contribution is 5.85. The van der Waals surface area contributed by atoms with Gasteiger partial charge < -0.3 is 22.5 Å². The predicted molar refractivity (Wildman–Crippen MR) is 69.3 cm³/mol. The molecule has 2 amide bonds. The smallest absolute Gasteiger partial charge is 0.237 e. The first kappa shape index (κ1) is 14.9. The summed E-state index contributed by atoms with van der Waals surface area (Å²) >= 11 is 0. The zero-order valence-corrected chi connectivity index (χ0v) is 10.9. The van der Waals surface area contributed by atoms with Crippen molar-refractivity contribution in [3.05, 3.63) is 0 Å². The Hall–Kier alpha value is -1.14. The molecule has 0 aromatic heterocycles. The average molecular weight is 256 g/mol. The highest BCUT2D eigenvalue weighted by Crippen LogP contribution is 2.36. The van der Waals surface area contributed by atoms with Gasteiger partial charge in [0.1, 0.15) is 0 Å². The van der Waals surface area contributed by atoms with Crippen molar-refractivity contribution in [3.8, 4) is 0 Å². The Balaban J connectivity index is 2.44. The van der Waals surface area contributed by atoms with E-state index in [1.807, 2.05) is 0 Å². The molecule has 1 rings (SSSR count). The molecule has 1 saturated carbocycles. The summed E-state index contributed by atoms with van der Waals surface area (Å²) in [5.41, 5.74) is 15.8. The van der Waals surface area contributed by atoms with Gasteiger partial charge in [0.05, 0.1) is 11.6 Å². The summed E-state index contributed by atoms with van der Waals surface area (Å²) in [6, 6.07) is -0.313. The summed E-state index contributed by atoms with van der Waals surface area (Å²) < 4.78 is 0. The fourth-order valence-corrected chi connectivity index (χ4v) is 2.83. The van der Waals surface area contributed by atoms with E-state index in [4.69, 9.17) is 17.2 Å². The highest BCUT2D eigenvalue weighted by Gasteiger charge is 2.43. The normalized spacial score (nSPS) is 29.1. The molecule has 0 bridgehead atoms. The van der Waals surface area contributed by atoms with Crippen LogP contribution >= 0.6 is 0 Å². The molecular formula is C12H24N4O2. The van der Waals surface area contributed by atoms with E-state index < -0.39 is 11.4 Å². The maximum Gasteiger partial charge on any atom is 0.237 e. The van der Waals surface area contributed by atoms with E-state index in [9.17, 15) is 9.59 Å². The van der Waals surface area contributed by atoms with Crippen molar-refractivity contribution in [2.45, 2.75) is 50.1 Å². The third-order valence-electron chi connectivity index (χ3n) is 4.07. The van der Waals surface area contributed by atoms with Gasteiger partial charge in [-0.15, -0.1) is 0 Å². The number of carbonyl (C=O) groups excluding carboxylic acids is 2. The lowest BCUT2D eigenvalue weighted by atomic mass is 9.83. The fourth-order valence-electron chi connectivity index (χ4n) is 2.83. The van der Waals surface area contributed by atoms with E-state index in [2.05, 4.69) is 5.32 Å². The number of nitrogens with two attached hydrogens (primary N) is 3. The van der Waals surface area contributed by atoms with Gasteiger partial charge in [-0.1, -0.05) is 12.8 Å². The van der Waals surface area contributed by atoms with Gasteiger partial charge in [0.2, 0.25) is 11.8 Å². The molecule has 3 unspecified atom stereocenters. The van der Waals surface area contributed by atoms with E-state index in [0.29, 0.717) is 12.8 Å². The van der Waals surface area contributed by atoms with Crippen molar-refractivity contribution in [2.24, 2.45) is 23.1 Å². The first-order chi connectivity index (χ1) is 8.41. The maximum absolute atomic E-state index is 11.4. The molecule has 0 aliphatic heterocycles. The van der Waals surface area contributed by atoms with Gasteiger partial charge >= 0.3 is 0 Å². The first-order valence-electron chi connectivity index (χ1n) is 6.47. The molecule has 0 spiro atoms. The second-order valence-corrected chi connectivity index (χ2v) is 5.17. The van der Waals surface area contributed by atoms with Gasteiger partial charge in [-0.2, -0.15) is 0 Å². The molecule has 3 atom stereocenters. The Labute approximate surface area is 108 Å². The Kier molecular flexibility index (Phi) is 5.10. The first-order valence-corrected chi connectivity index (χ1v) is 6.47. The number of hydrogen-bond donors (Lipinski definition) is 4. The van der Waals surface area contributed by atoms with Crippen LogP contribution in [0.25, 0.3) is 0 Å². The van der Waals surface area contributed by atoms with Crippen molar-refractivity contribution in [3.63, 3.8) is 0 Å². The maximum atomic E-state index is 11.4. The number of carbonyl (C=O) groups is 2. The predicted octanol–water partition coefficient (Wildman–Crippen LogP) is -0.787. The molecule has 0 radical (unpaired) electrons. The standard InChI is InChI=1S/C12H24N4O2/c1-16-9(10(13)17)6-2-4-8-5-3-7-12(8,15)11(14)18/h8-9,16H,2-7,15H2,1H3,(H2,13,17)(H2,14,18). The lowest BCUT2D eigenvalue weighted by Crippen LogP contribution is -2.54. The average Bonchev–Trinajstić information content (AvgIpc) is 2.67. The Bertz CT molecular complexity index is 321. The second-order valence-electron chi connectivity index (χ2n) is 5.17. The van der Waals surface area contributed by atoms with E-state index in [1.54, 1.807) is 7.05 Å². The van der Waals surface area contributed by atoms with Crippen LogP contribution in [0.1, 0.15) is 38.5 Å². The number of nitrogens with one attached hydrogen (secondary N) is 1. The van der Waals surface area contributed by atoms with Crippen molar-refractivity contribution in [1.82, 2.24) is 5.32 Å². The zero-order chi connectivity index (χ0) is 13.8. The van der Waals surface area contributed by atoms with Crippen molar-refractivity contribution < 1.29 is 9.59 Å². The summed E-state index contributed by atoms with van der Waals surface area (Å²) in [5.74, 6) is -0.636. The lowest BCUT2D eigenvalue weighted by Gasteiger charge is -2.28. The van der Waals surface area contributed by atoms with Gasteiger partial charge in [0.15, 0.2) is 0 Å². The topological polar surface area (TPSA) is 124 Å². The summed E-state index contributed by atoms with van der Waals surface area (Å²) in [6.07, 6.45) is 4.82. The molecule has 1 aliphatic carbocycles. The van der Waals surface area contributed by atoms with Crippen LogP contribution in [-0.4, -0.2) is 30.4 Å². The highest BCUT2D eigenvalue weighted by atomic mass is 16.2. The Morgan fingerprint density at radius 2 is 2.11 bits per heavy atom. The number of likely N-dealkylation sites (N-methyl/N-ethyl adjacent to an activating group) is 1. The third kappa shape index (κ3) is 3.20. The van der Waals surface area contributed by atoms with E-state index >= 15 is 0 Å². The van der Waals surface area contributed by atoms with Crippen LogP contribution in [0, 0.1) is 5.92 Å². The fraction of sp³-hybridized carbons (Fsp3) is 0.833. The molecule has 0 aromatic carbocycles. The Morgan fingerprint density at radius 1 is 1.44 bits per heavy atom. The quantitative estimate of drug-likeness (QED) is 0.476. The number of amides is 2. The minimum absolute atomic E-state index is 0.125. The number of rotatable bonds is 7. The van der Waals surface area contributed by atoms with E-state index in [1.165, 1.54) is 0 Å². The molecule has 104 valence electrons. The number of primary amides is 2. The van der Waals surface area contributed by atoms with Crippen molar-refractivity contribution in [1.29, 1.82) is 0 Å². The van der Waals surface area contributed by atoms with Crippen LogP contribution in [0.5, 0.6) is 0 Å². The zero-order valence-electron chi connectivity index (χ0n) is 10.9. The van der Waals surface area contributed by atoms with E-state index in [-0.39, 0.29) is 17.9 Å². The van der Waals surface area contributed by atoms with Crippen molar-refractivity contribution >= 4 is 11.8 Å². The molecule has 18 heavy (non-hydrogen) atoms. The minimum atomic E-state index is -0.859. The van der Waals surface area contributed by atoms with Crippen LogP contribution in [0.15, 0.2) is 0 Å². The molecule has 0 aromatic rings. The summed E-state index contributed by atoms with van der Waals surface area (Å²) in [4.78, 5) is 22.5. The van der Waals surface area contributed by atoms with Crippen molar-refractivity contribution in [2.75, 3.05) is 7.05 Å². The molecule has 0 heterocycles. The van der Waals surface area contributed by atoms with E-state index in [0.717, 1.165) is 25.7 Å². The van der Waals surface area contributed by atoms with Crippen LogP contribution in [-0.2, 0) is 9.59 Å². The Morgan fingerprint density at radius 3 is 2.61 bits per heavy atom. The summed E-state index contributed by atoms with van der Waals surface area (Å²) in [5, 5.41) is 2.87. The molecule has 1 fully saturated rings. The van der Waals surface area contributed by atoms with Gasteiger partial charge in [-0.25, -0.2) is 0 Å². The van der Waals surface area contributed by atoms with Crippen LogP contribution in [0.2, 0.25) is 0 Å². The molecular weight excluding hydrogens is 232 g/mol. The van der Waals surface area contributed by atoms with Crippen LogP contribution < -0.4 is 22.5 Å². The molecule has 7 N–H and O–H groups in total. The monoisotopic (exact) mass is 256 g/mol. The van der Waals surface area contributed by atoms with Gasteiger partial charge in [-0.05, 0) is 38.6 Å².